The second kappa shape index (κ2) is 3.23. The quantitative estimate of drug-likeness (QED) is 0.549. The summed E-state index contributed by atoms with van der Waals surface area (Å²) in [6.07, 6.45) is 18.8. The van der Waals surface area contributed by atoms with Gasteiger partial charge in [0.25, 0.3) is 0 Å². The van der Waals surface area contributed by atoms with Gasteiger partial charge in [-0.3, -0.25) is 0 Å². The lowest BCUT2D eigenvalue weighted by molar-refractivity contribution is 0.763. The van der Waals surface area contributed by atoms with Crippen molar-refractivity contribution in [3.63, 3.8) is 0 Å². The van der Waals surface area contributed by atoms with Crippen LogP contribution >= 0.6 is 0 Å². The summed E-state index contributed by atoms with van der Waals surface area (Å²) in [6, 6.07) is 0. The van der Waals surface area contributed by atoms with Crippen molar-refractivity contribution < 1.29 is 0 Å². The number of hydrogen-bond acceptors (Lipinski definition) is 0. The molecule has 0 nitrogen and oxygen atoms in total. The van der Waals surface area contributed by atoms with Gasteiger partial charge in [0, 0.05) is 5.92 Å². The summed E-state index contributed by atoms with van der Waals surface area (Å²) in [5.74, 6) is 0.609. The van der Waals surface area contributed by atoms with Gasteiger partial charge in [-0.05, 0) is 30.1 Å². The zero-order chi connectivity index (χ0) is 10.3. The number of rotatable bonds is 0. The first-order chi connectivity index (χ1) is 7.34. The molecule has 15 heavy (non-hydrogen) atoms. The Kier molecular flexibility index (Phi) is 1.88. The van der Waals surface area contributed by atoms with Gasteiger partial charge in [-0.1, -0.05) is 54.2 Å². The molecule has 74 valence electrons. The van der Waals surface area contributed by atoms with Crippen LogP contribution < -0.4 is 0 Å². The molecule has 0 N–H and O–H groups in total. The largest absolute Gasteiger partial charge is 0.0721 e. The lowest BCUT2D eigenvalue weighted by Gasteiger charge is -2.18. The Hall–Kier alpha value is -1.56. The molecule has 0 radical (unpaired) electrons. The zero-order valence-corrected chi connectivity index (χ0v) is 8.90. The van der Waals surface area contributed by atoms with Gasteiger partial charge in [0.1, 0.15) is 0 Å². The Balaban J connectivity index is 2.06. The van der Waals surface area contributed by atoms with Crippen LogP contribution in [0.4, 0.5) is 0 Å². The van der Waals surface area contributed by atoms with E-state index in [1.807, 2.05) is 0 Å². The molecule has 1 unspecified atom stereocenters. The Bertz CT molecular complexity index is 462. The third-order valence-corrected chi connectivity index (χ3v) is 3.28. The number of hydrogen-bond donors (Lipinski definition) is 0. The lowest BCUT2D eigenvalue weighted by Crippen LogP contribution is -2.05. The van der Waals surface area contributed by atoms with Crippen LogP contribution in [-0.2, 0) is 0 Å². The summed E-state index contributed by atoms with van der Waals surface area (Å²) in [5.41, 5.74) is 5.83. The van der Waals surface area contributed by atoms with Crippen LogP contribution in [0.25, 0.3) is 0 Å². The van der Waals surface area contributed by atoms with E-state index in [1.54, 1.807) is 0 Å². The minimum atomic E-state index is 0.609. The van der Waals surface area contributed by atoms with Crippen molar-refractivity contribution in [1.82, 2.24) is 0 Å². The van der Waals surface area contributed by atoms with Crippen molar-refractivity contribution >= 4 is 0 Å². The maximum Gasteiger partial charge on any atom is 0.0132 e. The van der Waals surface area contributed by atoms with Crippen LogP contribution in [0.1, 0.15) is 13.3 Å². The Morgan fingerprint density at radius 2 is 1.87 bits per heavy atom. The molecule has 0 spiro atoms. The van der Waals surface area contributed by atoms with Gasteiger partial charge in [-0.25, -0.2) is 0 Å². The molecule has 3 aliphatic carbocycles. The molecule has 0 saturated carbocycles. The second-order valence-electron chi connectivity index (χ2n) is 4.40. The molecule has 3 rings (SSSR count). The maximum atomic E-state index is 2.33. The van der Waals surface area contributed by atoms with E-state index >= 15 is 0 Å². The van der Waals surface area contributed by atoms with E-state index in [9.17, 15) is 0 Å². The molecule has 1 atom stereocenters. The maximum absolute atomic E-state index is 2.33. The van der Waals surface area contributed by atoms with E-state index < -0.39 is 0 Å². The fourth-order valence-corrected chi connectivity index (χ4v) is 2.58. The molecule has 3 aliphatic rings. The fraction of sp³-hybridized carbons (Fsp3) is 0.200. The predicted molar refractivity (Wildman–Crippen MR) is 64.4 cm³/mol. The minimum Gasteiger partial charge on any atom is -0.0721 e. The molecule has 0 amide bonds. The van der Waals surface area contributed by atoms with Crippen molar-refractivity contribution in [2.24, 2.45) is 5.92 Å². The summed E-state index contributed by atoms with van der Waals surface area (Å²) in [6.45, 7) is 2.22. The van der Waals surface area contributed by atoms with Crippen LogP contribution in [0, 0.1) is 5.92 Å². The molecule has 0 aliphatic heterocycles. The summed E-state index contributed by atoms with van der Waals surface area (Å²) in [5, 5.41) is 0. The first-order valence-electron chi connectivity index (χ1n) is 5.49. The van der Waals surface area contributed by atoms with Gasteiger partial charge in [0.2, 0.25) is 0 Å². The summed E-state index contributed by atoms with van der Waals surface area (Å²) in [7, 11) is 0. The molecular weight excluding hydrogens is 180 g/mol. The van der Waals surface area contributed by atoms with Crippen molar-refractivity contribution in [1.29, 1.82) is 0 Å². The Morgan fingerprint density at radius 3 is 2.67 bits per heavy atom. The van der Waals surface area contributed by atoms with E-state index in [4.69, 9.17) is 0 Å². The highest BCUT2D eigenvalue weighted by molar-refractivity contribution is 5.55. The molecule has 0 heteroatoms. The summed E-state index contributed by atoms with van der Waals surface area (Å²) < 4.78 is 0. The smallest absolute Gasteiger partial charge is 0.0132 e. The van der Waals surface area contributed by atoms with Crippen LogP contribution in [0.15, 0.2) is 70.9 Å². The average Bonchev–Trinajstić information content (AvgIpc) is 2.82. The first kappa shape index (κ1) is 8.72. The highest BCUT2D eigenvalue weighted by Crippen LogP contribution is 2.40. The third-order valence-electron chi connectivity index (χ3n) is 3.28. The molecule has 0 fully saturated rings. The number of allylic oxidation sites excluding steroid dienone is 12. The van der Waals surface area contributed by atoms with Crippen molar-refractivity contribution in [2.75, 3.05) is 0 Å². The van der Waals surface area contributed by atoms with Gasteiger partial charge < -0.3 is 0 Å². The molecule has 0 aromatic carbocycles. The Morgan fingerprint density at radius 1 is 1.07 bits per heavy atom. The molecule has 0 aromatic rings. The van der Waals surface area contributed by atoms with Crippen molar-refractivity contribution in [2.45, 2.75) is 13.3 Å². The van der Waals surface area contributed by atoms with Gasteiger partial charge in [0.15, 0.2) is 0 Å². The SMILES string of the molecule is CC1=CC2=CC=CC(=C3C=CC=C3)C2C1. The fourth-order valence-electron chi connectivity index (χ4n) is 2.58. The normalized spacial score (nSPS) is 27.1. The van der Waals surface area contributed by atoms with Crippen LogP contribution in [0.2, 0.25) is 0 Å². The van der Waals surface area contributed by atoms with E-state index in [0.29, 0.717) is 5.92 Å². The molecular formula is C15H14. The second-order valence-corrected chi connectivity index (χ2v) is 4.40. The third kappa shape index (κ3) is 1.37. The van der Waals surface area contributed by atoms with E-state index in [0.717, 1.165) is 0 Å². The highest BCUT2D eigenvalue weighted by Gasteiger charge is 2.25. The molecule has 0 saturated heterocycles. The van der Waals surface area contributed by atoms with Gasteiger partial charge >= 0.3 is 0 Å². The van der Waals surface area contributed by atoms with Crippen LogP contribution in [0.5, 0.6) is 0 Å². The van der Waals surface area contributed by atoms with Crippen LogP contribution in [0.3, 0.4) is 0 Å². The highest BCUT2D eigenvalue weighted by atomic mass is 14.3. The number of fused-ring (bicyclic) bond motifs is 1. The van der Waals surface area contributed by atoms with E-state index in [2.05, 4.69) is 55.5 Å². The molecule has 0 heterocycles. The first-order valence-corrected chi connectivity index (χ1v) is 5.49. The average molecular weight is 194 g/mol. The lowest BCUT2D eigenvalue weighted by atomic mass is 9.85. The summed E-state index contributed by atoms with van der Waals surface area (Å²) >= 11 is 0. The summed E-state index contributed by atoms with van der Waals surface area (Å²) in [4.78, 5) is 0. The minimum absolute atomic E-state index is 0.609. The topological polar surface area (TPSA) is 0 Å². The van der Waals surface area contributed by atoms with Gasteiger partial charge in [0.05, 0.1) is 0 Å². The Labute approximate surface area is 90.7 Å². The van der Waals surface area contributed by atoms with Crippen LogP contribution in [-0.4, -0.2) is 0 Å². The standard InChI is InChI=1S/C15H14/c1-11-9-13-7-4-8-14(15(13)10-11)12-5-2-3-6-12/h2-9,15H,10H2,1H3. The molecule has 0 bridgehead atoms. The van der Waals surface area contributed by atoms with Gasteiger partial charge in [-0.15, -0.1) is 0 Å². The zero-order valence-electron chi connectivity index (χ0n) is 8.90. The van der Waals surface area contributed by atoms with Gasteiger partial charge in [-0.2, -0.15) is 0 Å². The monoisotopic (exact) mass is 194 g/mol. The van der Waals surface area contributed by atoms with E-state index in [-0.39, 0.29) is 0 Å². The van der Waals surface area contributed by atoms with Crippen molar-refractivity contribution in [3.8, 4) is 0 Å². The predicted octanol–water partition coefficient (Wildman–Crippen LogP) is 3.87. The van der Waals surface area contributed by atoms with Crippen molar-refractivity contribution in [3.05, 3.63) is 70.9 Å². The molecule has 0 aromatic heterocycles. The van der Waals surface area contributed by atoms with E-state index in [1.165, 1.54) is 28.7 Å².